The molecule has 2 rings (SSSR count). The quantitative estimate of drug-likeness (QED) is 0.429. The van der Waals surface area contributed by atoms with E-state index in [0.29, 0.717) is 0 Å². The van der Waals surface area contributed by atoms with Gasteiger partial charge < -0.3 is 20.4 Å². The molecule has 140 valence electrons. The van der Waals surface area contributed by atoms with Crippen LogP contribution in [-0.4, -0.2) is 62.7 Å². The van der Waals surface area contributed by atoms with E-state index in [1.807, 2.05) is 13.2 Å². The van der Waals surface area contributed by atoms with E-state index in [1.54, 1.807) is 0 Å². The molecule has 1 aromatic rings. The Kier molecular flexibility index (Phi) is 8.52. The molecule has 0 aromatic carbocycles. The van der Waals surface area contributed by atoms with Crippen LogP contribution in [0.2, 0.25) is 0 Å². The van der Waals surface area contributed by atoms with Crippen LogP contribution in [0.15, 0.2) is 23.3 Å². The fourth-order valence-electron chi connectivity index (χ4n) is 2.91. The number of rotatable bonds is 8. The van der Waals surface area contributed by atoms with E-state index in [9.17, 15) is 0 Å². The van der Waals surface area contributed by atoms with Gasteiger partial charge >= 0.3 is 0 Å². The first-order valence-electron chi connectivity index (χ1n) is 9.56. The van der Waals surface area contributed by atoms with Gasteiger partial charge in [-0.3, -0.25) is 4.99 Å². The second-order valence-corrected chi connectivity index (χ2v) is 6.73. The fourth-order valence-corrected chi connectivity index (χ4v) is 2.91. The summed E-state index contributed by atoms with van der Waals surface area (Å²) in [6, 6.07) is 4.28. The second-order valence-electron chi connectivity index (χ2n) is 6.73. The highest BCUT2D eigenvalue weighted by Gasteiger charge is 2.14. The Labute approximate surface area is 152 Å². The summed E-state index contributed by atoms with van der Waals surface area (Å²) >= 11 is 0. The number of hydrogen-bond acceptors (Lipinski definition) is 4. The van der Waals surface area contributed by atoms with Crippen LogP contribution in [0.5, 0.6) is 0 Å². The lowest BCUT2D eigenvalue weighted by molar-refractivity contribution is 0.312. The summed E-state index contributed by atoms with van der Waals surface area (Å²) in [5.41, 5.74) is 1.17. The highest BCUT2D eigenvalue weighted by Crippen LogP contribution is 2.13. The van der Waals surface area contributed by atoms with Gasteiger partial charge in [0, 0.05) is 52.5 Å². The highest BCUT2D eigenvalue weighted by atomic mass is 15.3. The van der Waals surface area contributed by atoms with Gasteiger partial charge in [0.1, 0.15) is 5.82 Å². The van der Waals surface area contributed by atoms with Gasteiger partial charge in [0.2, 0.25) is 0 Å². The van der Waals surface area contributed by atoms with Crippen molar-refractivity contribution in [3.63, 3.8) is 0 Å². The number of aliphatic imine (C=N–C) groups is 1. The second kappa shape index (κ2) is 10.9. The smallest absolute Gasteiger partial charge is 0.191 e. The molecule has 1 saturated heterocycles. The van der Waals surface area contributed by atoms with Gasteiger partial charge in [-0.2, -0.15) is 0 Å². The van der Waals surface area contributed by atoms with Crippen LogP contribution in [-0.2, 0) is 6.54 Å². The molecule has 0 saturated carbocycles. The molecular weight excluding hydrogens is 312 g/mol. The molecular formula is C19H34N6. The van der Waals surface area contributed by atoms with E-state index in [1.165, 1.54) is 31.2 Å². The van der Waals surface area contributed by atoms with E-state index < -0.39 is 0 Å². The third kappa shape index (κ3) is 6.90. The standard InChI is InChI=1S/C19H34N6/c1-4-5-6-7-10-21-19(20-2)23-16-17-8-9-18(22-15-17)25-13-11-24(3)12-14-25/h8-9,15H,4-7,10-14,16H2,1-3H3,(H2,20,21,23). The van der Waals surface area contributed by atoms with Crippen molar-refractivity contribution in [1.82, 2.24) is 20.5 Å². The first-order valence-corrected chi connectivity index (χ1v) is 9.56. The first kappa shape index (κ1) is 19.5. The average Bonchev–Trinajstić information content (AvgIpc) is 2.65. The molecule has 6 heteroatoms. The third-order valence-corrected chi connectivity index (χ3v) is 4.64. The van der Waals surface area contributed by atoms with Crippen molar-refractivity contribution >= 4 is 11.8 Å². The molecule has 0 bridgehead atoms. The number of guanidine groups is 1. The molecule has 0 amide bonds. The number of nitrogens with one attached hydrogen (secondary N) is 2. The van der Waals surface area contributed by atoms with Crippen LogP contribution in [0.3, 0.4) is 0 Å². The lowest BCUT2D eigenvalue weighted by Crippen LogP contribution is -2.44. The predicted molar refractivity (Wildman–Crippen MR) is 106 cm³/mol. The van der Waals surface area contributed by atoms with Crippen LogP contribution < -0.4 is 15.5 Å². The first-order chi connectivity index (χ1) is 12.2. The molecule has 2 heterocycles. The Morgan fingerprint density at radius 3 is 2.56 bits per heavy atom. The topological polar surface area (TPSA) is 55.8 Å². The summed E-state index contributed by atoms with van der Waals surface area (Å²) in [6.45, 7) is 8.25. The molecule has 0 radical (unpaired) electrons. The van der Waals surface area contributed by atoms with Crippen molar-refractivity contribution in [2.75, 3.05) is 51.7 Å². The maximum absolute atomic E-state index is 4.63. The zero-order chi connectivity index (χ0) is 17.9. The zero-order valence-corrected chi connectivity index (χ0v) is 16.1. The number of anilines is 1. The molecule has 2 N–H and O–H groups in total. The SMILES string of the molecule is CCCCCCNC(=NC)NCc1ccc(N2CCN(C)CC2)nc1. The van der Waals surface area contributed by atoms with Crippen molar-refractivity contribution in [3.05, 3.63) is 23.9 Å². The van der Waals surface area contributed by atoms with E-state index in [-0.39, 0.29) is 0 Å². The number of pyridine rings is 1. The van der Waals surface area contributed by atoms with E-state index in [0.717, 1.165) is 51.0 Å². The summed E-state index contributed by atoms with van der Waals surface area (Å²) < 4.78 is 0. The van der Waals surface area contributed by atoms with Gasteiger partial charge in [-0.05, 0) is 25.1 Å². The lowest BCUT2D eigenvalue weighted by atomic mass is 10.2. The number of aromatic nitrogens is 1. The van der Waals surface area contributed by atoms with Gasteiger partial charge in [-0.15, -0.1) is 0 Å². The normalized spacial score (nSPS) is 16.1. The van der Waals surface area contributed by atoms with Crippen LogP contribution in [0.25, 0.3) is 0 Å². The Morgan fingerprint density at radius 1 is 1.12 bits per heavy atom. The summed E-state index contributed by atoms with van der Waals surface area (Å²) in [5.74, 6) is 1.94. The monoisotopic (exact) mass is 346 g/mol. The van der Waals surface area contributed by atoms with Crippen molar-refractivity contribution in [2.24, 2.45) is 4.99 Å². The van der Waals surface area contributed by atoms with Crippen molar-refractivity contribution < 1.29 is 0 Å². The Balaban J connectivity index is 1.73. The van der Waals surface area contributed by atoms with Gasteiger partial charge in [-0.1, -0.05) is 32.3 Å². The number of piperazine rings is 1. The van der Waals surface area contributed by atoms with E-state index >= 15 is 0 Å². The third-order valence-electron chi connectivity index (χ3n) is 4.64. The maximum Gasteiger partial charge on any atom is 0.191 e. The molecule has 0 spiro atoms. The Hall–Kier alpha value is -1.82. The summed E-state index contributed by atoms with van der Waals surface area (Å²) in [4.78, 5) is 13.6. The van der Waals surface area contributed by atoms with Crippen LogP contribution in [0.4, 0.5) is 5.82 Å². The average molecular weight is 347 g/mol. The van der Waals surface area contributed by atoms with Gasteiger partial charge in [0.25, 0.3) is 0 Å². The van der Waals surface area contributed by atoms with Crippen LogP contribution in [0, 0.1) is 0 Å². The van der Waals surface area contributed by atoms with Gasteiger partial charge in [0.15, 0.2) is 5.96 Å². The van der Waals surface area contributed by atoms with E-state index in [2.05, 4.69) is 56.5 Å². The molecule has 0 aliphatic carbocycles. The molecule has 25 heavy (non-hydrogen) atoms. The molecule has 0 atom stereocenters. The van der Waals surface area contributed by atoms with Crippen LogP contribution >= 0.6 is 0 Å². The summed E-state index contributed by atoms with van der Waals surface area (Å²) in [7, 11) is 3.99. The molecule has 0 unspecified atom stereocenters. The van der Waals surface area contributed by atoms with Crippen molar-refractivity contribution in [1.29, 1.82) is 0 Å². The fraction of sp³-hybridized carbons (Fsp3) is 0.684. The van der Waals surface area contributed by atoms with Gasteiger partial charge in [-0.25, -0.2) is 4.98 Å². The summed E-state index contributed by atoms with van der Waals surface area (Å²) in [5, 5.41) is 6.73. The van der Waals surface area contributed by atoms with E-state index in [4.69, 9.17) is 0 Å². The number of likely N-dealkylation sites (N-methyl/N-ethyl adjacent to an activating group) is 1. The van der Waals surface area contributed by atoms with Crippen molar-refractivity contribution in [3.8, 4) is 0 Å². The number of hydrogen-bond donors (Lipinski definition) is 2. The molecule has 1 aromatic heterocycles. The molecule has 1 aliphatic rings. The number of unbranched alkanes of at least 4 members (excludes halogenated alkanes) is 3. The van der Waals surface area contributed by atoms with Crippen LogP contribution in [0.1, 0.15) is 38.2 Å². The largest absolute Gasteiger partial charge is 0.356 e. The highest BCUT2D eigenvalue weighted by molar-refractivity contribution is 5.79. The molecule has 1 aliphatic heterocycles. The minimum absolute atomic E-state index is 0.741. The Morgan fingerprint density at radius 2 is 1.92 bits per heavy atom. The lowest BCUT2D eigenvalue weighted by Gasteiger charge is -2.33. The summed E-state index contributed by atoms with van der Waals surface area (Å²) in [6.07, 6.45) is 7.01. The molecule has 6 nitrogen and oxygen atoms in total. The minimum Gasteiger partial charge on any atom is -0.356 e. The minimum atomic E-state index is 0.741. The zero-order valence-electron chi connectivity index (χ0n) is 16.1. The maximum atomic E-state index is 4.63. The number of nitrogens with zero attached hydrogens (tertiary/aromatic N) is 4. The molecule has 1 fully saturated rings. The van der Waals surface area contributed by atoms with Crippen molar-refractivity contribution in [2.45, 2.75) is 39.2 Å². The Bertz CT molecular complexity index is 505. The predicted octanol–water partition coefficient (Wildman–Crippen LogP) is 2.08. The van der Waals surface area contributed by atoms with Gasteiger partial charge in [0.05, 0.1) is 0 Å².